The molecule has 19 heavy (non-hydrogen) atoms. The highest BCUT2D eigenvalue weighted by atomic mass is 14.9. The Balaban J connectivity index is 2.86. The van der Waals surface area contributed by atoms with Gasteiger partial charge in [0.1, 0.15) is 0 Å². The first-order valence-corrected chi connectivity index (χ1v) is 7.23. The summed E-state index contributed by atoms with van der Waals surface area (Å²) in [5, 5.41) is 10.0. The zero-order valence-corrected chi connectivity index (χ0v) is 12.8. The lowest BCUT2D eigenvalue weighted by molar-refractivity contribution is 0.438. The van der Waals surface area contributed by atoms with Gasteiger partial charge in [-0.05, 0) is 46.1 Å². The maximum Gasteiger partial charge on any atom is 0.0336 e. The largest absolute Gasteiger partial charge is 0.392 e. The van der Waals surface area contributed by atoms with Crippen LogP contribution in [0.4, 0.5) is 0 Å². The van der Waals surface area contributed by atoms with Crippen LogP contribution in [0.25, 0.3) is 0 Å². The molecule has 0 spiro atoms. The molecule has 0 bridgehead atoms. The summed E-state index contributed by atoms with van der Waals surface area (Å²) in [6, 6.07) is 0. The van der Waals surface area contributed by atoms with Gasteiger partial charge in [0.25, 0.3) is 0 Å². The van der Waals surface area contributed by atoms with Crippen LogP contribution in [-0.4, -0.2) is 26.7 Å². The fraction of sp³-hybridized carbons (Fsp3) is 0.625. The van der Waals surface area contributed by atoms with Crippen LogP contribution in [0.2, 0.25) is 0 Å². The van der Waals surface area contributed by atoms with Crippen LogP contribution >= 0.6 is 0 Å². The average molecular weight is 263 g/mol. The lowest BCUT2D eigenvalue weighted by Gasteiger charge is -2.26. The third kappa shape index (κ3) is 5.52. The molecule has 0 aromatic carbocycles. The van der Waals surface area contributed by atoms with Crippen LogP contribution in [0, 0.1) is 0 Å². The fourth-order valence-corrected chi connectivity index (χ4v) is 2.28. The summed E-state index contributed by atoms with van der Waals surface area (Å²) in [6.45, 7) is 2.26. The van der Waals surface area contributed by atoms with E-state index in [1.54, 1.807) is 0 Å². The molecular formula is C16H29N3. The lowest BCUT2D eigenvalue weighted by Crippen LogP contribution is -2.37. The van der Waals surface area contributed by atoms with Crippen molar-refractivity contribution in [3.63, 3.8) is 0 Å². The van der Waals surface area contributed by atoms with Crippen molar-refractivity contribution in [3.8, 4) is 0 Å². The van der Waals surface area contributed by atoms with Gasteiger partial charge in [-0.25, -0.2) is 0 Å². The molecule has 108 valence electrons. The van der Waals surface area contributed by atoms with Crippen molar-refractivity contribution in [2.24, 2.45) is 0 Å². The molecular weight excluding hydrogens is 234 g/mol. The monoisotopic (exact) mass is 263 g/mol. The van der Waals surface area contributed by atoms with Crippen molar-refractivity contribution in [1.82, 2.24) is 16.0 Å². The zero-order valence-electron chi connectivity index (χ0n) is 12.8. The van der Waals surface area contributed by atoms with Gasteiger partial charge in [0.05, 0.1) is 0 Å². The molecule has 3 heteroatoms. The summed E-state index contributed by atoms with van der Waals surface area (Å²) in [7, 11) is 6.05. The highest BCUT2D eigenvalue weighted by Crippen LogP contribution is 2.19. The van der Waals surface area contributed by atoms with Gasteiger partial charge < -0.3 is 16.0 Å². The van der Waals surface area contributed by atoms with Crippen molar-refractivity contribution in [3.05, 3.63) is 35.7 Å². The summed E-state index contributed by atoms with van der Waals surface area (Å²) in [4.78, 5) is 0. The number of likely N-dealkylation sites (N-methyl/N-ethyl adjacent to an activating group) is 1. The molecule has 1 aliphatic rings. The first kappa shape index (κ1) is 15.8. The van der Waals surface area contributed by atoms with Gasteiger partial charge in [-0.15, -0.1) is 0 Å². The highest BCUT2D eigenvalue weighted by Gasteiger charge is 2.18. The molecule has 1 atom stereocenters. The fourth-order valence-electron chi connectivity index (χ4n) is 2.28. The second-order valence-electron chi connectivity index (χ2n) is 5.30. The molecule has 0 aliphatic heterocycles. The summed E-state index contributed by atoms with van der Waals surface area (Å²) in [6.07, 6.45) is 14.5. The van der Waals surface area contributed by atoms with Gasteiger partial charge in [0, 0.05) is 31.0 Å². The molecule has 1 aliphatic carbocycles. The third-order valence-electron chi connectivity index (χ3n) is 3.92. The van der Waals surface area contributed by atoms with Crippen LogP contribution in [0.3, 0.4) is 0 Å². The van der Waals surface area contributed by atoms with Crippen LogP contribution < -0.4 is 16.0 Å². The number of hydrogen-bond acceptors (Lipinski definition) is 3. The zero-order chi connectivity index (χ0) is 14.1. The molecule has 0 saturated carbocycles. The van der Waals surface area contributed by atoms with Crippen LogP contribution in [0.15, 0.2) is 35.7 Å². The van der Waals surface area contributed by atoms with Gasteiger partial charge in [0.15, 0.2) is 0 Å². The molecule has 1 unspecified atom stereocenters. The van der Waals surface area contributed by atoms with E-state index in [0.717, 1.165) is 32.1 Å². The Kier molecular flexibility index (Phi) is 6.71. The van der Waals surface area contributed by atoms with Crippen molar-refractivity contribution in [2.45, 2.75) is 44.6 Å². The summed E-state index contributed by atoms with van der Waals surface area (Å²) in [5.41, 5.74) is 2.73. The molecule has 0 saturated heterocycles. The van der Waals surface area contributed by atoms with Crippen molar-refractivity contribution >= 4 is 0 Å². The Morgan fingerprint density at radius 3 is 2.32 bits per heavy atom. The Morgan fingerprint density at radius 1 is 1.00 bits per heavy atom. The molecule has 0 heterocycles. The molecule has 0 aromatic heterocycles. The van der Waals surface area contributed by atoms with Gasteiger partial charge >= 0.3 is 0 Å². The van der Waals surface area contributed by atoms with E-state index < -0.39 is 0 Å². The van der Waals surface area contributed by atoms with Gasteiger partial charge in [-0.3, -0.25) is 0 Å². The Hall–Kier alpha value is -1.22. The smallest absolute Gasteiger partial charge is 0.0336 e. The molecule has 0 amide bonds. The van der Waals surface area contributed by atoms with E-state index in [-0.39, 0.29) is 5.54 Å². The minimum Gasteiger partial charge on any atom is -0.392 e. The Bertz CT molecular complexity index is 355. The highest BCUT2D eigenvalue weighted by molar-refractivity contribution is 5.12. The van der Waals surface area contributed by atoms with Crippen molar-refractivity contribution in [2.75, 3.05) is 21.1 Å². The van der Waals surface area contributed by atoms with E-state index in [1.807, 2.05) is 21.1 Å². The molecule has 0 aromatic rings. The maximum absolute atomic E-state index is 3.42. The van der Waals surface area contributed by atoms with E-state index >= 15 is 0 Å². The van der Waals surface area contributed by atoms with Crippen LogP contribution in [0.5, 0.6) is 0 Å². The van der Waals surface area contributed by atoms with E-state index in [2.05, 4.69) is 47.2 Å². The second kappa shape index (κ2) is 8.05. The number of allylic oxidation sites excluding steroid dienone is 5. The van der Waals surface area contributed by atoms with E-state index in [9.17, 15) is 0 Å². The van der Waals surface area contributed by atoms with Gasteiger partial charge in [0.2, 0.25) is 0 Å². The first-order valence-electron chi connectivity index (χ1n) is 7.23. The third-order valence-corrected chi connectivity index (χ3v) is 3.92. The summed E-state index contributed by atoms with van der Waals surface area (Å²) < 4.78 is 0. The minimum absolute atomic E-state index is 0.0722. The topological polar surface area (TPSA) is 36.1 Å². The predicted molar refractivity (Wildman–Crippen MR) is 84.0 cm³/mol. The quantitative estimate of drug-likeness (QED) is 0.685. The molecule has 0 fully saturated rings. The summed E-state index contributed by atoms with van der Waals surface area (Å²) in [5.74, 6) is 0. The van der Waals surface area contributed by atoms with E-state index in [1.165, 1.54) is 11.4 Å². The predicted octanol–water partition coefficient (Wildman–Crippen LogP) is 2.69. The molecule has 3 N–H and O–H groups in total. The SMILES string of the molecule is CNC1=CCC=CC(C)(NC)CCC(NC)=CCC1. The number of hydrogen-bond donors (Lipinski definition) is 3. The molecule has 0 radical (unpaired) electrons. The van der Waals surface area contributed by atoms with Crippen LogP contribution in [-0.2, 0) is 0 Å². The van der Waals surface area contributed by atoms with Gasteiger partial charge in [-0.1, -0.05) is 24.3 Å². The minimum atomic E-state index is 0.0722. The van der Waals surface area contributed by atoms with Crippen LogP contribution in [0.1, 0.15) is 39.0 Å². The van der Waals surface area contributed by atoms with E-state index in [4.69, 9.17) is 0 Å². The van der Waals surface area contributed by atoms with E-state index in [0.29, 0.717) is 0 Å². The normalized spacial score (nSPS) is 25.7. The van der Waals surface area contributed by atoms with Gasteiger partial charge in [-0.2, -0.15) is 0 Å². The van der Waals surface area contributed by atoms with Crippen molar-refractivity contribution in [1.29, 1.82) is 0 Å². The first-order chi connectivity index (χ1) is 9.13. The van der Waals surface area contributed by atoms with Crippen molar-refractivity contribution < 1.29 is 0 Å². The molecule has 3 nitrogen and oxygen atoms in total. The number of nitrogens with one attached hydrogen (secondary N) is 3. The number of rotatable bonds is 3. The maximum atomic E-state index is 3.42. The lowest BCUT2D eigenvalue weighted by atomic mass is 9.93. The standard InChI is InChI=1S/C16H29N3/c1-16(19-4)12-6-5-8-14(17-2)9-7-10-15(18-3)11-13-16/h6,8,10,12,17-19H,5,7,9,11,13H2,1-4H3. The Labute approximate surface area is 118 Å². The average Bonchev–Trinajstić information content (AvgIpc) is 2.43. The molecule has 1 rings (SSSR count). The second-order valence-corrected chi connectivity index (χ2v) is 5.30. The summed E-state index contributed by atoms with van der Waals surface area (Å²) >= 11 is 0. The Morgan fingerprint density at radius 2 is 1.68 bits per heavy atom.